The highest BCUT2D eigenvalue weighted by atomic mass is 32.2. The molecule has 0 radical (unpaired) electrons. The van der Waals surface area contributed by atoms with Gasteiger partial charge in [-0.3, -0.25) is 0 Å². The summed E-state index contributed by atoms with van der Waals surface area (Å²) in [7, 11) is -2.38. The van der Waals surface area contributed by atoms with Gasteiger partial charge in [-0.25, -0.2) is 26.9 Å². The van der Waals surface area contributed by atoms with Gasteiger partial charge in [0.25, 0.3) is 10.0 Å². The number of guanidine groups is 1. The van der Waals surface area contributed by atoms with Gasteiger partial charge in [0.05, 0.1) is 18.3 Å². The number of anilines is 1. The van der Waals surface area contributed by atoms with Crippen LogP contribution in [0.3, 0.4) is 0 Å². The number of para-hydroxylation sites is 1. The lowest BCUT2D eigenvalue weighted by molar-refractivity contribution is 0.125. The van der Waals surface area contributed by atoms with Crippen LogP contribution in [0.25, 0.3) is 11.1 Å². The van der Waals surface area contributed by atoms with Crippen molar-refractivity contribution >= 4 is 21.7 Å². The molecular weight excluding hydrogens is 364 g/mol. The van der Waals surface area contributed by atoms with Crippen LogP contribution in [0.15, 0.2) is 46.3 Å². The van der Waals surface area contributed by atoms with Gasteiger partial charge < -0.3 is 10.1 Å². The van der Waals surface area contributed by atoms with Crippen molar-refractivity contribution in [3.63, 3.8) is 0 Å². The Labute approximate surface area is 150 Å². The molecule has 0 aliphatic carbocycles. The van der Waals surface area contributed by atoms with Crippen molar-refractivity contribution in [1.29, 1.82) is 0 Å². The molecule has 0 fully saturated rings. The number of nitrogens with zero attached hydrogens (tertiary/aromatic N) is 1. The summed E-state index contributed by atoms with van der Waals surface area (Å²) in [5, 5.41) is 2.86. The molecule has 1 heterocycles. The number of ether oxygens (including phenoxy) is 1. The third-order valence-corrected chi connectivity index (χ3v) is 5.32. The molecule has 0 spiro atoms. The Balaban J connectivity index is 2.12. The number of methoxy groups -OCH3 is 1. The van der Waals surface area contributed by atoms with Crippen molar-refractivity contribution in [3.8, 4) is 11.1 Å². The van der Waals surface area contributed by atoms with Crippen LogP contribution in [0.4, 0.5) is 14.5 Å². The number of fused-ring (bicyclic) bond motifs is 1. The summed E-state index contributed by atoms with van der Waals surface area (Å²) in [6.07, 6.45) is -0.217. The molecule has 1 atom stereocenters. The van der Waals surface area contributed by atoms with Crippen LogP contribution < -0.4 is 10.0 Å². The lowest BCUT2D eigenvalue weighted by Crippen LogP contribution is -2.41. The van der Waals surface area contributed by atoms with E-state index in [1.165, 1.54) is 37.4 Å². The van der Waals surface area contributed by atoms with Gasteiger partial charge in [0, 0.05) is 18.2 Å². The number of benzene rings is 2. The van der Waals surface area contributed by atoms with E-state index in [0.717, 1.165) is 6.07 Å². The van der Waals surface area contributed by atoms with Crippen molar-refractivity contribution in [2.24, 2.45) is 4.99 Å². The predicted molar refractivity (Wildman–Crippen MR) is 94.5 cm³/mol. The first-order valence-corrected chi connectivity index (χ1v) is 9.26. The summed E-state index contributed by atoms with van der Waals surface area (Å²) in [5.41, 5.74) is 0.313. The summed E-state index contributed by atoms with van der Waals surface area (Å²) < 4.78 is 60.2. The second-order valence-corrected chi connectivity index (χ2v) is 7.40. The standard InChI is InChI=1S/C17H17F2N3O3S/c1-10(25-2)9-20-17-21-16-12(11-5-3-7-13(18)15(11)19)6-4-8-14(16)26(23,24)22-17/h3-8,10H,9H2,1-2H3,(H2,20,21,22)/t10-/m1/s1. The minimum absolute atomic E-state index is 0.00865. The zero-order valence-corrected chi connectivity index (χ0v) is 14.9. The van der Waals surface area contributed by atoms with Gasteiger partial charge in [0.2, 0.25) is 5.96 Å². The van der Waals surface area contributed by atoms with Crippen molar-refractivity contribution in [1.82, 2.24) is 4.72 Å². The first-order chi connectivity index (χ1) is 12.3. The lowest BCUT2D eigenvalue weighted by Gasteiger charge is -2.24. The molecule has 9 heteroatoms. The average molecular weight is 381 g/mol. The summed E-state index contributed by atoms with van der Waals surface area (Å²) >= 11 is 0. The molecule has 0 unspecified atom stereocenters. The van der Waals surface area contributed by atoms with Crippen molar-refractivity contribution in [2.75, 3.05) is 19.0 Å². The van der Waals surface area contributed by atoms with Gasteiger partial charge in [0.15, 0.2) is 11.6 Å². The zero-order chi connectivity index (χ0) is 18.9. The van der Waals surface area contributed by atoms with Crippen LogP contribution in [0, 0.1) is 11.6 Å². The quantitative estimate of drug-likeness (QED) is 0.854. The molecule has 0 bridgehead atoms. The molecule has 138 valence electrons. The fraction of sp³-hybridized carbons (Fsp3) is 0.235. The maximum atomic E-state index is 14.2. The Bertz CT molecular complexity index is 977. The molecule has 2 aromatic carbocycles. The normalized spacial score (nSPS) is 17.9. The Morgan fingerprint density at radius 2 is 1.85 bits per heavy atom. The SMILES string of the molecule is CO[C@H](C)CN=C1Nc2c(-c3cccc(F)c3F)cccc2S(=O)(=O)N1. The van der Waals surface area contributed by atoms with Gasteiger partial charge in [0.1, 0.15) is 4.90 Å². The van der Waals surface area contributed by atoms with E-state index in [9.17, 15) is 17.2 Å². The number of sulfonamides is 1. The maximum absolute atomic E-state index is 14.2. The van der Waals surface area contributed by atoms with Crippen molar-refractivity contribution in [3.05, 3.63) is 48.0 Å². The molecule has 0 aromatic heterocycles. The van der Waals surface area contributed by atoms with Crippen LogP contribution in [-0.4, -0.2) is 34.1 Å². The van der Waals surface area contributed by atoms with E-state index in [-0.39, 0.29) is 40.3 Å². The van der Waals surface area contributed by atoms with Gasteiger partial charge in [-0.1, -0.05) is 24.3 Å². The molecular formula is C17H17F2N3O3S. The Kier molecular flexibility index (Phi) is 4.92. The number of hydrogen-bond donors (Lipinski definition) is 2. The predicted octanol–water partition coefficient (Wildman–Crippen LogP) is 2.73. The second kappa shape index (κ2) is 7.00. The summed E-state index contributed by atoms with van der Waals surface area (Å²) in [4.78, 5) is 4.07. The molecule has 3 rings (SSSR count). The van der Waals surface area contributed by atoms with E-state index in [0.29, 0.717) is 0 Å². The highest BCUT2D eigenvalue weighted by Gasteiger charge is 2.29. The number of halogens is 2. The number of aliphatic imine (C=N–C) groups is 1. The molecule has 2 N–H and O–H groups in total. The third kappa shape index (κ3) is 3.40. The fourth-order valence-corrected chi connectivity index (χ4v) is 3.68. The van der Waals surface area contributed by atoms with E-state index < -0.39 is 21.7 Å². The number of nitrogens with one attached hydrogen (secondary N) is 2. The van der Waals surface area contributed by atoms with Crippen LogP contribution in [0.1, 0.15) is 6.92 Å². The molecule has 2 aromatic rings. The van der Waals surface area contributed by atoms with E-state index in [4.69, 9.17) is 4.74 Å². The van der Waals surface area contributed by atoms with E-state index in [1.54, 1.807) is 6.92 Å². The summed E-state index contributed by atoms with van der Waals surface area (Å²) in [5.74, 6) is -2.07. The maximum Gasteiger partial charge on any atom is 0.266 e. The van der Waals surface area contributed by atoms with Crippen molar-refractivity contribution in [2.45, 2.75) is 17.9 Å². The molecule has 0 amide bonds. The van der Waals surface area contributed by atoms with Gasteiger partial charge >= 0.3 is 0 Å². The van der Waals surface area contributed by atoms with Crippen LogP contribution in [0.5, 0.6) is 0 Å². The van der Waals surface area contributed by atoms with Crippen molar-refractivity contribution < 1.29 is 21.9 Å². The second-order valence-electron chi connectivity index (χ2n) is 5.75. The third-order valence-electron chi connectivity index (χ3n) is 3.94. The number of hydrogen-bond acceptors (Lipinski definition) is 4. The van der Waals surface area contributed by atoms with E-state index in [2.05, 4.69) is 15.0 Å². The highest BCUT2D eigenvalue weighted by Crippen LogP contribution is 2.37. The molecule has 6 nitrogen and oxygen atoms in total. The molecule has 0 saturated carbocycles. The first-order valence-electron chi connectivity index (χ1n) is 7.78. The Morgan fingerprint density at radius 3 is 2.58 bits per heavy atom. The fourth-order valence-electron chi connectivity index (χ4n) is 2.51. The molecule has 0 saturated heterocycles. The molecule has 26 heavy (non-hydrogen) atoms. The minimum atomic E-state index is -3.90. The Hall–Kier alpha value is -2.52. The topological polar surface area (TPSA) is 79.8 Å². The largest absolute Gasteiger partial charge is 0.380 e. The average Bonchev–Trinajstić information content (AvgIpc) is 2.61. The van der Waals surface area contributed by atoms with Crippen LogP contribution in [0.2, 0.25) is 0 Å². The summed E-state index contributed by atoms with van der Waals surface area (Å²) in [6, 6.07) is 8.10. The van der Waals surface area contributed by atoms with E-state index >= 15 is 0 Å². The van der Waals surface area contributed by atoms with Gasteiger partial charge in [-0.05, 0) is 19.1 Å². The minimum Gasteiger partial charge on any atom is -0.380 e. The molecule has 1 aliphatic heterocycles. The number of rotatable bonds is 4. The van der Waals surface area contributed by atoms with Gasteiger partial charge in [-0.2, -0.15) is 0 Å². The monoisotopic (exact) mass is 381 g/mol. The van der Waals surface area contributed by atoms with Gasteiger partial charge in [-0.15, -0.1) is 0 Å². The van der Waals surface area contributed by atoms with E-state index in [1.807, 2.05) is 0 Å². The Morgan fingerprint density at radius 1 is 1.15 bits per heavy atom. The summed E-state index contributed by atoms with van der Waals surface area (Å²) in [6.45, 7) is 2.00. The van der Waals surface area contributed by atoms with Crippen LogP contribution >= 0.6 is 0 Å². The highest BCUT2D eigenvalue weighted by molar-refractivity contribution is 7.90. The van der Waals surface area contributed by atoms with Crippen LogP contribution in [-0.2, 0) is 14.8 Å². The zero-order valence-electron chi connectivity index (χ0n) is 14.1. The lowest BCUT2D eigenvalue weighted by atomic mass is 10.0. The first kappa shape index (κ1) is 18.3. The smallest absolute Gasteiger partial charge is 0.266 e. The molecule has 1 aliphatic rings.